The number of carbonyl (C=O) groups excluding carboxylic acids is 1. The van der Waals surface area contributed by atoms with Crippen LogP contribution < -0.4 is 4.90 Å². The fourth-order valence-electron chi connectivity index (χ4n) is 1.79. The van der Waals surface area contributed by atoms with Crippen LogP contribution in [0.3, 0.4) is 0 Å². The van der Waals surface area contributed by atoms with Crippen LogP contribution in [0.5, 0.6) is 0 Å². The van der Waals surface area contributed by atoms with Gasteiger partial charge < -0.3 is 0 Å². The van der Waals surface area contributed by atoms with Crippen molar-refractivity contribution in [3.63, 3.8) is 0 Å². The molecule has 4 nitrogen and oxygen atoms in total. The van der Waals surface area contributed by atoms with Gasteiger partial charge in [0.15, 0.2) is 0 Å². The van der Waals surface area contributed by atoms with Crippen LogP contribution in [0.2, 0.25) is 0 Å². The van der Waals surface area contributed by atoms with Crippen molar-refractivity contribution >= 4 is 11.9 Å². The molecule has 18 heavy (non-hydrogen) atoms. The molecule has 0 fully saturated rings. The van der Waals surface area contributed by atoms with E-state index >= 15 is 0 Å². The zero-order valence-electron chi connectivity index (χ0n) is 12.4. The molecule has 0 atom stereocenters. The van der Waals surface area contributed by atoms with Crippen molar-refractivity contribution in [3.8, 4) is 0 Å². The second-order valence-corrected chi connectivity index (χ2v) is 5.98. The van der Waals surface area contributed by atoms with Gasteiger partial charge in [0, 0.05) is 24.4 Å². The van der Waals surface area contributed by atoms with Gasteiger partial charge in [0.1, 0.15) is 0 Å². The summed E-state index contributed by atoms with van der Waals surface area (Å²) in [7, 11) is 1.72. The molecule has 100 valence electrons. The van der Waals surface area contributed by atoms with Crippen LogP contribution in [0.4, 0.5) is 5.95 Å². The molecule has 0 bridgehead atoms. The van der Waals surface area contributed by atoms with E-state index in [1.54, 1.807) is 7.05 Å². The molecule has 0 spiro atoms. The zero-order valence-corrected chi connectivity index (χ0v) is 12.4. The minimum absolute atomic E-state index is 0.0131. The number of hydrogen-bond acceptors (Lipinski definition) is 3. The van der Waals surface area contributed by atoms with Gasteiger partial charge in [0.2, 0.25) is 11.9 Å². The highest BCUT2D eigenvalue weighted by molar-refractivity contribution is 5.94. The van der Waals surface area contributed by atoms with Crippen LogP contribution in [-0.2, 0) is 4.79 Å². The quantitative estimate of drug-likeness (QED) is 0.809. The van der Waals surface area contributed by atoms with Crippen LogP contribution in [-0.4, -0.2) is 22.9 Å². The lowest BCUT2D eigenvalue weighted by atomic mass is 9.95. The number of nitrogens with zero attached hydrogens (tertiary/aromatic N) is 3. The summed E-state index contributed by atoms with van der Waals surface area (Å²) in [5.74, 6) is 0.874. The maximum absolute atomic E-state index is 12.1. The van der Waals surface area contributed by atoms with Crippen molar-refractivity contribution in [1.29, 1.82) is 0 Å². The number of hydrogen-bond donors (Lipinski definition) is 0. The predicted molar refractivity (Wildman–Crippen MR) is 73.7 cm³/mol. The Balaban J connectivity index is 3.05. The average molecular weight is 249 g/mol. The standard InChI is InChI=1S/C14H23N3O/c1-9(2)11-8-15-13(16-10(11)3)17(7)12(18)14(4,5)6/h8-9H,1-7H3. The molecule has 1 aromatic rings. The molecule has 1 heterocycles. The fraction of sp³-hybridized carbons (Fsp3) is 0.643. The molecule has 0 aromatic carbocycles. The van der Waals surface area contributed by atoms with Crippen molar-refractivity contribution in [1.82, 2.24) is 9.97 Å². The highest BCUT2D eigenvalue weighted by atomic mass is 16.2. The maximum atomic E-state index is 12.1. The zero-order chi connectivity index (χ0) is 14.1. The molecule has 0 saturated heterocycles. The van der Waals surface area contributed by atoms with Crippen molar-refractivity contribution in [2.24, 2.45) is 5.41 Å². The molecular formula is C14H23N3O. The number of anilines is 1. The third kappa shape index (κ3) is 3.06. The molecule has 4 heteroatoms. The normalized spacial score (nSPS) is 11.8. The Morgan fingerprint density at radius 3 is 2.28 bits per heavy atom. The van der Waals surface area contributed by atoms with Gasteiger partial charge in [-0.3, -0.25) is 9.69 Å². The lowest BCUT2D eigenvalue weighted by Gasteiger charge is -2.24. The first-order valence-corrected chi connectivity index (χ1v) is 6.26. The molecule has 0 aliphatic carbocycles. The van der Waals surface area contributed by atoms with Gasteiger partial charge in [-0.15, -0.1) is 0 Å². The molecule has 0 aliphatic heterocycles. The third-order valence-corrected chi connectivity index (χ3v) is 2.87. The van der Waals surface area contributed by atoms with Crippen molar-refractivity contribution in [2.45, 2.75) is 47.5 Å². The SMILES string of the molecule is Cc1nc(N(C)C(=O)C(C)(C)C)ncc1C(C)C. The Morgan fingerprint density at radius 1 is 1.33 bits per heavy atom. The van der Waals surface area contributed by atoms with E-state index in [1.165, 1.54) is 4.90 Å². The minimum atomic E-state index is -0.428. The van der Waals surface area contributed by atoms with E-state index in [0.29, 0.717) is 11.9 Å². The van der Waals surface area contributed by atoms with Crippen LogP contribution in [0.1, 0.15) is 51.8 Å². The van der Waals surface area contributed by atoms with E-state index in [4.69, 9.17) is 0 Å². The molecule has 1 amide bonds. The van der Waals surface area contributed by atoms with Crippen LogP contribution in [0.25, 0.3) is 0 Å². The number of carbonyl (C=O) groups is 1. The topological polar surface area (TPSA) is 46.1 Å². The van der Waals surface area contributed by atoms with Gasteiger partial charge in [-0.1, -0.05) is 34.6 Å². The average Bonchev–Trinajstić information content (AvgIpc) is 2.25. The number of rotatable bonds is 2. The third-order valence-electron chi connectivity index (χ3n) is 2.87. The summed E-state index contributed by atoms with van der Waals surface area (Å²) < 4.78 is 0. The molecule has 0 aliphatic rings. The fourth-order valence-corrected chi connectivity index (χ4v) is 1.79. The smallest absolute Gasteiger partial charge is 0.234 e. The minimum Gasteiger partial charge on any atom is -0.283 e. The van der Waals surface area contributed by atoms with Crippen molar-refractivity contribution in [2.75, 3.05) is 11.9 Å². The Labute approximate surface area is 109 Å². The molecule has 0 unspecified atom stereocenters. The van der Waals surface area contributed by atoms with E-state index in [-0.39, 0.29) is 5.91 Å². The number of aryl methyl sites for hydroxylation is 1. The van der Waals surface area contributed by atoms with E-state index in [2.05, 4.69) is 23.8 Å². The Kier molecular flexibility index (Phi) is 4.09. The molecule has 1 rings (SSSR count). The summed E-state index contributed by atoms with van der Waals surface area (Å²) in [4.78, 5) is 22.4. The van der Waals surface area contributed by atoms with E-state index < -0.39 is 5.41 Å². The second kappa shape index (κ2) is 5.04. The Morgan fingerprint density at radius 2 is 1.89 bits per heavy atom. The second-order valence-electron chi connectivity index (χ2n) is 5.98. The Bertz CT molecular complexity index is 447. The molecule has 0 N–H and O–H groups in total. The lowest BCUT2D eigenvalue weighted by Crippen LogP contribution is -2.37. The summed E-state index contributed by atoms with van der Waals surface area (Å²) in [6, 6.07) is 0. The highest BCUT2D eigenvalue weighted by Crippen LogP contribution is 2.22. The van der Waals surface area contributed by atoms with E-state index in [0.717, 1.165) is 11.3 Å². The monoisotopic (exact) mass is 249 g/mol. The lowest BCUT2D eigenvalue weighted by molar-refractivity contribution is -0.125. The first-order valence-electron chi connectivity index (χ1n) is 6.26. The molecule has 0 radical (unpaired) electrons. The van der Waals surface area contributed by atoms with Gasteiger partial charge in [-0.2, -0.15) is 0 Å². The number of aromatic nitrogens is 2. The first kappa shape index (κ1) is 14.6. The summed E-state index contributed by atoms with van der Waals surface area (Å²) in [5.41, 5.74) is 1.63. The van der Waals surface area contributed by atoms with Crippen molar-refractivity contribution < 1.29 is 4.79 Å². The van der Waals surface area contributed by atoms with Crippen LogP contribution in [0, 0.1) is 12.3 Å². The molecular weight excluding hydrogens is 226 g/mol. The summed E-state index contributed by atoms with van der Waals surface area (Å²) in [5, 5.41) is 0. The van der Waals surface area contributed by atoms with Crippen LogP contribution >= 0.6 is 0 Å². The van der Waals surface area contributed by atoms with Gasteiger partial charge in [-0.25, -0.2) is 9.97 Å². The number of amides is 1. The first-order chi connectivity index (χ1) is 8.14. The summed E-state index contributed by atoms with van der Waals surface area (Å²) in [6.45, 7) is 11.8. The molecule has 0 saturated carbocycles. The highest BCUT2D eigenvalue weighted by Gasteiger charge is 2.27. The Hall–Kier alpha value is -1.45. The van der Waals surface area contributed by atoms with Gasteiger partial charge in [-0.05, 0) is 18.4 Å². The predicted octanol–water partition coefficient (Wildman–Crippen LogP) is 2.92. The van der Waals surface area contributed by atoms with Gasteiger partial charge >= 0.3 is 0 Å². The summed E-state index contributed by atoms with van der Waals surface area (Å²) >= 11 is 0. The summed E-state index contributed by atoms with van der Waals surface area (Å²) in [6.07, 6.45) is 1.81. The molecule has 1 aromatic heterocycles. The van der Waals surface area contributed by atoms with Crippen LogP contribution in [0.15, 0.2) is 6.20 Å². The van der Waals surface area contributed by atoms with E-state index in [1.807, 2.05) is 33.9 Å². The van der Waals surface area contributed by atoms with Gasteiger partial charge in [0.25, 0.3) is 0 Å². The van der Waals surface area contributed by atoms with Crippen molar-refractivity contribution in [3.05, 3.63) is 17.5 Å². The maximum Gasteiger partial charge on any atom is 0.234 e. The van der Waals surface area contributed by atoms with E-state index in [9.17, 15) is 4.79 Å². The van der Waals surface area contributed by atoms with Gasteiger partial charge in [0.05, 0.1) is 0 Å². The largest absolute Gasteiger partial charge is 0.283 e.